The third-order valence-electron chi connectivity index (χ3n) is 2.71. The van der Waals surface area contributed by atoms with Crippen LogP contribution in [0.1, 0.15) is 18.9 Å². The molecule has 23 heavy (non-hydrogen) atoms. The normalized spacial score (nSPS) is 12.7. The number of nitriles is 1. The molecule has 1 aromatic heterocycles. The fourth-order valence-electron chi connectivity index (χ4n) is 1.68. The highest BCUT2D eigenvalue weighted by Crippen LogP contribution is 2.30. The number of aromatic nitrogens is 2. The van der Waals surface area contributed by atoms with Crippen LogP contribution >= 0.6 is 0 Å². The largest absolute Gasteiger partial charge is 0.478 e. The monoisotopic (exact) mass is 327 g/mol. The molecule has 6 nitrogen and oxygen atoms in total. The Morgan fingerprint density at radius 3 is 2.78 bits per heavy atom. The smallest absolute Gasteiger partial charge is 0.411 e. The van der Waals surface area contributed by atoms with Crippen molar-refractivity contribution < 1.29 is 27.2 Å². The second-order valence-electron chi connectivity index (χ2n) is 4.47. The predicted octanol–water partition coefficient (Wildman–Crippen LogP) is 3.28. The van der Waals surface area contributed by atoms with Gasteiger partial charge in [-0.05, 0) is 19.1 Å². The van der Waals surface area contributed by atoms with E-state index in [1.54, 1.807) is 24.3 Å². The Kier molecular flexibility index (Phi) is 5.18. The van der Waals surface area contributed by atoms with E-state index in [2.05, 4.69) is 14.9 Å². The summed E-state index contributed by atoms with van der Waals surface area (Å²) in [6, 6.07) is 8.47. The van der Waals surface area contributed by atoms with Crippen LogP contribution in [0.15, 0.2) is 28.8 Å². The zero-order valence-corrected chi connectivity index (χ0v) is 12.0. The minimum atomic E-state index is -4.43. The van der Waals surface area contributed by atoms with Gasteiger partial charge in [-0.15, -0.1) is 0 Å². The van der Waals surface area contributed by atoms with E-state index in [1.807, 2.05) is 6.07 Å². The standard InChI is InChI=1S/C14H12F3N3O3/c1-9(22-8-14(15,16)17)12-19-13(23-20-12)10-4-2-3-5-11(10)21-7-6-18/h2-5,9H,7-8H2,1H3. The number of hydrogen-bond donors (Lipinski definition) is 0. The van der Waals surface area contributed by atoms with Gasteiger partial charge in [0.2, 0.25) is 5.82 Å². The number of para-hydroxylation sites is 1. The first-order valence-corrected chi connectivity index (χ1v) is 6.52. The van der Waals surface area contributed by atoms with Crippen molar-refractivity contribution in [2.24, 2.45) is 0 Å². The molecule has 0 saturated heterocycles. The molecule has 0 radical (unpaired) electrons. The fraction of sp³-hybridized carbons (Fsp3) is 0.357. The zero-order chi connectivity index (χ0) is 16.9. The van der Waals surface area contributed by atoms with E-state index < -0.39 is 18.9 Å². The van der Waals surface area contributed by atoms with Crippen molar-refractivity contribution in [1.29, 1.82) is 5.26 Å². The Morgan fingerprint density at radius 1 is 1.35 bits per heavy atom. The minimum absolute atomic E-state index is 0.0145. The highest BCUT2D eigenvalue weighted by atomic mass is 19.4. The van der Waals surface area contributed by atoms with Crippen molar-refractivity contribution in [2.45, 2.75) is 19.2 Å². The van der Waals surface area contributed by atoms with Crippen LogP contribution in [0, 0.1) is 11.3 Å². The first-order chi connectivity index (χ1) is 10.9. The summed E-state index contributed by atoms with van der Waals surface area (Å²) >= 11 is 0. The van der Waals surface area contributed by atoms with Gasteiger partial charge in [0.15, 0.2) is 6.61 Å². The van der Waals surface area contributed by atoms with Crippen LogP contribution in [0.4, 0.5) is 13.2 Å². The summed E-state index contributed by atoms with van der Waals surface area (Å²) < 4.78 is 51.3. The van der Waals surface area contributed by atoms with Gasteiger partial charge in [0.25, 0.3) is 5.89 Å². The van der Waals surface area contributed by atoms with Crippen molar-refractivity contribution in [3.63, 3.8) is 0 Å². The summed E-state index contributed by atoms with van der Waals surface area (Å²) in [5.41, 5.74) is 0.435. The van der Waals surface area contributed by atoms with Gasteiger partial charge in [-0.1, -0.05) is 17.3 Å². The zero-order valence-electron chi connectivity index (χ0n) is 12.0. The molecule has 2 rings (SSSR count). The average Bonchev–Trinajstić information content (AvgIpc) is 3.00. The molecule has 1 atom stereocenters. The van der Waals surface area contributed by atoms with Crippen LogP contribution in [0.25, 0.3) is 11.5 Å². The Morgan fingerprint density at radius 2 is 2.09 bits per heavy atom. The van der Waals surface area contributed by atoms with Gasteiger partial charge >= 0.3 is 6.18 Å². The Bertz CT molecular complexity index is 694. The number of alkyl halides is 3. The molecule has 0 spiro atoms. The number of benzene rings is 1. The van der Waals surface area contributed by atoms with Gasteiger partial charge in [-0.25, -0.2) is 0 Å². The van der Waals surface area contributed by atoms with Gasteiger partial charge in [-0.2, -0.15) is 23.4 Å². The average molecular weight is 327 g/mol. The molecule has 9 heteroatoms. The maximum absolute atomic E-state index is 12.1. The number of nitrogens with zero attached hydrogens (tertiary/aromatic N) is 3. The number of hydrogen-bond acceptors (Lipinski definition) is 6. The molecule has 0 aliphatic rings. The van der Waals surface area contributed by atoms with E-state index in [9.17, 15) is 13.2 Å². The van der Waals surface area contributed by atoms with Crippen molar-refractivity contribution in [1.82, 2.24) is 10.1 Å². The maximum Gasteiger partial charge on any atom is 0.411 e. The number of ether oxygens (including phenoxy) is 2. The lowest BCUT2D eigenvalue weighted by Crippen LogP contribution is -2.18. The lowest BCUT2D eigenvalue weighted by Gasteiger charge is -2.11. The minimum Gasteiger partial charge on any atom is -0.478 e. The van der Waals surface area contributed by atoms with E-state index in [0.29, 0.717) is 11.3 Å². The van der Waals surface area contributed by atoms with E-state index in [4.69, 9.17) is 14.5 Å². The van der Waals surface area contributed by atoms with Gasteiger partial charge in [0.05, 0.1) is 5.56 Å². The fourth-order valence-corrected chi connectivity index (χ4v) is 1.68. The van der Waals surface area contributed by atoms with E-state index in [0.717, 1.165) is 0 Å². The summed E-state index contributed by atoms with van der Waals surface area (Å²) in [6.07, 6.45) is -5.42. The molecule has 0 fully saturated rings. The second kappa shape index (κ2) is 7.11. The molecule has 0 bridgehead atoms. The molecule has 2 aromatic rings. The number of halogens is 3. The van der Waals surface area contributed by atoms with Crippen LogP contribution in [0.5, 0.6) is 5.75 Å². The topological polar surface area (TPSA) is 81.2 Å². The van der Waals surface area contributed by atoms with Crippen LogP contribution in [-0.4, -0.2) is 29.5 Å². The first-order valence-electron chi connectivity index (χ1n) is 6.52. The molecule has 1 aromatic carbocycles. The first kappa shape index (κ1) is 16.8. The van der Waals surface area contributed by atoms with Gasteiger partial charge in [0, 0.05) is 0 Å². The second-order valence-corrected chi connectivity index (χ2v) is 4.47. The SMILES string of the molecule is CC(OCC(F)(F)F)c1noc(-c2ccccc2OCC#N)n1. The van der Waals surface area contributed by atoms with Crippen LogP contribution in [0.2, 0.25) is 0 Å². The van der Waals surface area contributed by atoms with Crippen molar-refractivity contribution in [3.8, 4) is 23.3 Å². The van der Waals surface area contributed by atoms with Gasteiger partial charge in [-0.3, -0.25) is 0 Å². The van der Waals surface area contributed by atoms with Crippen LogP contribution < -0.4 is 4.74 Å². The summed E-state index contributed by atoms with van der Waals surface area (Å²) in [5.74, 6) is 0.406. The third kappa shape index (κ3) is 4.69. The Hall–Kier alpha value is -2.60. The highest BCUT2D eigenvalue weighted by molar-refractivity contribution is 5.62. The molecule has 0 N–H and O–H groups in total. The molecule has 1 unspecified atom stereocenters. The van der Waals surface area contributed by atoms with Crippen molar-refractivity contribution in [3.05, 3.63) is 30.1 Å². The van der Waals surface area contributed by atoms with E-state index >= 15 is 0 Å². The molecule has 1 heterocycles. The van der Waals surface area contributed by atoms with Crippen molar-refractivity contribution in [2.75, 3.05) is 13.2 Å². The summed E-state index contributed by atoms with van der Waals surface area (Å²) in [7, 11) is 0. The quantitative estimate of drug-likeness (QED) is 0.810. The maximum atomic E-state index is 12.1. The van der Waals surface area contributed by atoms with Crippen LogP contribution in [-0.2, 0) is 4.74 Å². The molecular formula is C14H12F3N3O3. The lowest BCUT2D eigenvalue weighted by atomic mass is 10.2. The van der Waals surface area contributed by atoms with E-state index in [1.165, 1.54) is 6.92 Å². The number of rotatable bonds is 6. The summed E-state index contributed by atoms with van der Waals surface area (Å²) in [4.78, 5) is 4.02. The molecular weight excluding hydrogens is 315 g/mol. The van der Waals surface area contributed by atoms with Crippen LogP contribution in [0.3, 0.4) is 0 Å². The van der Waals surface area contributed by atoms with Gasteiger partial charge < -0.3 is 14.0 Å². The van der Waals surface area contributed by atoms with Gasteiger partial charge in [0.1, 0.15) is 24.5 Å². The van der Waals surface area contributed by atoms with E-state index in [-0.39, 0.29) is 18.3 Å². The molecule has 0 amide bonds. The lowest BCUT2D eigenvalue weighted by molar-refractivity contribution is -0.185. The Labute approximate surface area is 129 Å². The molecule has 0 saturated carbocycles. The molecule has 0 aliphatic carbocycles. The Balaban J connectivity index is 2.15. The van der Waals surface area contributed by atoms with Crippen molar-refractivity contribution >= 4 is 0 Å². The third-order valence-corrected chi connectivity index (χ3v) is 2.71. The predicted molar refractivity (Wildman–Crippen MR) is 71.3 cm³/mol. The molecule has 0 aliphatic heterocycles. The summed E-state index contributed by atoms with van der Waals surface area (Å²) in [5, 5.41) is 12.2. The molecule has 122 valence electrons. The summed E-state index contributed by atoms with van der Waals surface area (Å²) in [6.45, 7) is -0.179. The highest BCUT2D eigenvalue weighted by Gasteiger charge is 2.30.